The number of ether oxygens (including phenoxy) is 2. The van der Waals surface area contributed by atoms with Crippen LogP contribution in [0, 0.1) is 41.4 Å². The molecular weight excluding hydrogens is 1830 g/mol. The average Bonchev–Trinajstić information content (AvgIpc) is 1.10. The van der Waals surface area contributed by atoms with Crippen molar-refractivity contribution in [2.75, 3.05) is 26.2 Å². The van der Waals surface area contributed by atoms with Crippen LogP contribution in [0.25, 0.3) is 0 Å². The fraction of sp³-hybridized carbons (Fsp3) is 0.600. The maximum absolute atomic E-state index is 14.3. The van der Waals surface area contributed by atoms with Crippen LogP contribution < -0.4 is 27.0 Å². The van der Waals surface area contributed by atoms with Gasteiger partial charge in [-0.05, 0) is 210 Å². The van der Waals surface area contributed by atoms with E-state index in [4.69, 9.17) is 15.2 Å². The van der Waals surface area contributed by atoms with E-state index < -0.39 is 70.3 Å². The van der Waals surface area contributed by atoms with Gasteiger partial charge in [-0.15, -0.1) is 0 Å². The number of carbonyl (C=O) groups is 8. The van der Waals surface area contributed by atoms with Gasteiger partial charge in [0.2, 0.25) is 23.6 Å². The van der Waals surface area contributed by atoms with Crippen molar-refractivity contribution in [3.8, 4) is 0 Å². The topological polar surface area (TPSA) is 283 Å². The predicted molar refractivity (Wildman–Crippen MR) is 477 cm³/mol. The Morgan fingerprint density at radius 1 is 0.496 bits per heavy atom. The normalized spacial score (nSPS) is 19.7. The molecule has 4 saturated heterocycles. The molecule has 0 aromatic heterocycles. The van der Waals surface area contributed by atoms with Crippen LogP contribution in [0.3, 0.4) is 0 Å². The van der Waals surface area contributed by atoms with E-state index in [1.54, 1.807) is 9.80 Å². The van der Waals surface area contributed by atoms with E-state index in [1.165, 1.54) is 10.1 Å². The largest absolute Gasteiger partial charge is 0.445 e. The first-order chi connectivity index (χ1) is 53.8. The molecule has 8 atom stereocenters. The Hall–Kier alpha value is -5.31. The Bertz CT molecular complexity index is 3430. The molecule has 4 aliphatic rings. The third-order valence-electron chi connectivity index (χ3n) is 21.9. The Morgan fingerprint density at radius 2 is 0.817 bits per heavy atom. The van der Waals surface area contributed by atoms with Crippen molar-refractivity contribution in [2.24, 2.45) is 47.2 Å². The third-order valence-corrected chi connectivity index (χ3v) is 21.9. The zero-order valence-electron chi connectivity index (χ0n) is 70.3. The van der Waals surface area contributed by atoms with E-state index in [9.17, 15) is 48.8 Å². The quantitative estimate of drug-likeness (QED) is 0.00965. The summed E-state index contributed by atoms with van der Waals surface area (Å²) in [4.78, 5) is 113. The van der Waals surface area contributed by atoms with Gasteiger partial charge >= 0.3 is 12.2 Å². The number of alkyl halides is 3. The number of halogens is 3. The summed E-state index contributed by atoms with van der Waals surface area (Å²) in [5.41, 5.74) is 8.14. The fourth-order valence-corrected chi connectivity index (χ4v) is 17.1. The monoisotopic (exact) mass is 1960 g/mol. The number of benzene rings is 4. The van der Waals surface area contributed by atoms with Crippen LogP contribution in [0.4, 0.5) is 9.59 Å². The summed E-state index contributed by atoms with van der Waals surface area (Å²) in [6, 6.07) is 35.5. The molecule has 0 spiro atoms. The Kier molecular flexibility index (Phi) is 43.1. The van der Waals surface area contributed by atoms with E-state index in [0.717, 1.165) is 35.0 Å². The molecule has 635 valence electrons. The van der Waals surface area contributed by atoms with Gasteiger partial charge in [0.25, 0.3) is 0 Å². The van der Waals surface area contributed by atoms with E-state index in [0.29, 0.717) is 121 Å². The van der Waals surface area contributed by atoms with E-state index >= 15 is 0 Å². The Labute approximate surface area is 739 Å². The van der Waals surface area contributed by atoms with Gasteiger partial charge in [-0.3, -0.25) is 28.8 Å². The first-order valence-corrected chi connectivity index (χ1v) is 44.8. The molecule has 4 aromatic rings. The van der Waals surface area contributed by atoms with Crippen LogP contribution in [0.2, 0.25) is 0 Å². The number of nitrogens with zero attached hydrogens (tertiary/aromatic N) is 4. The number of nitrogens with one attached hydrogen (secondary N) is 4. The van der Waals surface area contributed by atoms with E-state index in [2.05, 4.69) is 130 Å². The van der Waals surface area contributed by atoms with Gasteiger partial charge in [0.1, 0.15) is 25.2 Å². The van der Waals surface area contributed by atoms with Crippen molar-refractivity contribution in [1.29, 1.82) is 0 Å². The van der Waals surface area contributed by atoms with Gasteiger partial charge in [0.05, 0.1) is 23.9 Å². The molecule has 25 heteroatoms. The average molecular weight is 1960 g/mol. The molecule has 21 nitrogen and oxygen atoms in total. The Balaban J connectivity index is 0.000000389. The van der Waals surface area contributed by atoms with Crippen molar-refractivity contribution in [1.82, 2.24) is 41.2 Å². The number of rotatable bonds is 36. The molecular formula is C90H132I3N9O12V. The van der Waals surface area contributed by atoms with Crippen LogP contribution >= 0.6 is 67.8 Å². The minimum atomic E-state index is -0.806. The molecule has 4 aromatic carbocycles. The predicted octanol–water partition coefficient (Wildman–Crippen LogP) is 17.0. The summed E-state index contributed by atoms with van der Waals surface area (Å²) in [6.07, 6.45) is 16.6. The first-order valence-electron chi connectivity index (χ1n) is 41.1. The van der Waals surface area contributed by atoms with Gasteiger partial charge in [-0.2, -0.15) is 10.1 Å². The second-order valence-electron chi connectivity index (χ2n) is 35.0. The fourth-order valence-electron chi connectivity index (χ4n) is 17.1. The molecule has 0 aliphatic carbocycles. The van der Waals surface area contributed by atoms with Crippen molar-refractivity contribution in [3.05, 3.63) is 168 Å². The van der Waals surface area contributed by atoms with Gasteiger partial charge in [-0.25, -0.2) is 9.59 Å². The van der Waals surface area contributed by atoms with Crippen LogP contribution in [-0.4, -0.2) is 156 Å². The summed E-state index contributed by atoms with van der Waals surface area (Å²) in [5.74, 6) is -0.671. The molecule has 8 rings (SSSR count). The summed E-state index contributed by atoms with van der Waals surface area (Å²) >= 11 is 6.95. The van der Waals surface area contributed by atoms with Gasteiger partial charge in [-0.1, -0.05) is 248 Å². The zero-order chi connectivity index (χ0) is 83.9. The number of Topliss-reactive ketones (excluding diaryl/α,β-unsaturated/α-hetero) is 2. The van der Waals surface area contributed by atoms with E-state index in [-0.39, 0.29) is 111 Å². The number of hydroxylamine groups is 4. The second kappa shape index (κ2) is 49.4. The minimum absolute atomic E-state index is 0. The van der Waals surface area contributed by atoms with Crippen LogP contribution in [0.5, 0.6) is 0 Å². The number of hydrogen-bond donors (Lipinski definition) is 7. The first kappa shape index (κ1) is 100. The molecule has 6 amide bonds. The SMILES string of the molecule is CC(C)C[C@H](C)/C=C/[C@H](Cc1ccccc1)C(=O)N1CCC[C@H]1C(=O)N[C@H](CCCNC(=O)OCc1ccccc1)C(=O)CC1CC(C)(C)N(O)C(C)(C)C1.CC(C)C[C@H](N)/C=C/[C@H](Cc1ccccc1)C(=O)N1CCC[C@H]1C(=O)N[C@H](CCCNC(=O)OCc1ccccc1)C(=O)CC1CC(C)(C)N(O)C(C)(C)C1.IC(I)I.[V]. The van der Waals surface area contributed by atoms with Crippen LogP contribution in [0.1, 0.15) is 215 Å². The minimum Gasteiger partial charge on any atom is -0.445 e. The number of ketones is 2. The number of alkyl carbamates (subject to hydrolysis) is 2. The maximum atomic E-state index is 14.3. The zero-order valence-corrected chi connectivity index (χ0v) is 78.1. The summed E-state index contributed by atoms with van der Waals surface area (Å²) in [5, 5.41) is 36.2. The summed E-state index contributed by atoms with van der Waals surface area (Å²) in [6.45, 7) is 28.3. The Morgan fingerprint density at radius 3 is 1.15 bits per heavy atom. The molecule has 0 unspecified atom stereocenters. The standard InChI is InChI=1S/C45H66N4O6.C44H65N5O6.CHI3.V/c1-32(2)26-33(3)22-23-37(27-34-16-10-8-11-17-34)42(52)48-25-15-21-39(48)41(51)47-38(20-14-24-46-43(53)55-31-35-18-12-9-13-19-35)40(50)28-36-29-44(4,5)49(54)45(6,7)30-36;1-31(2)25-36(45)22-21-35(26-32-15-9-7-10-16-32)41(52)48-24-14-20-38(48)40(51)47-37(19-13-23-46-42(53)55-30-33-17-11-8-12-18-33)39(50)27-34-28-43(3,4)49(54)44(5,6)29-34;2-1(3)4;/h8-13,16-19,22-23,32-33,36-39,54H,14-15,20-21,24-31H2,1-7H3,(H,46,53)(H,47,51);7-12,15-18,21-22,31,34-38,54H,13-14,19-20,23-30,45H2,1-6H3,(H,46,53)(H,47,51);1H;/b23-22+;22-21+;;/t33-,37-,38-,39+;35-,36-,37-,38+;;/m11../s1. The number of allylic oxidation sites excluding steroid dienone is 1. The van der Waals surface area contributed by atoms with Gasteiger partial charge < -0.3 is 56.7 Å². The molecule has 4 aliphatic heterocycles. The second-order valence-corrected chi connectivity index (χ2v) is 45.9. The molecule has 4 heterocycles. The number of piperidine rings is 2. The number of nitrogens with two attached hydrogens (primary N) is 1. The van der Waals surface area contributed by atoms with Crippen molar-refractivity contribution in [2.45, 2.75) is 271 Å². The number of likely N-dealkylation sites (tertiary alicyclic amines) is 2. The molecule has 0 bridgehead atoms. The molecule has 4 fully saturated rings. The maximum Gasteiger partial charge on any atom is 0.407 e. The van der Waals surface area contributed by atoms with Crippen LogP contribution in [-0.2, 0) is 82.9 Å². The summed E-state index contributed by atoms with van der Waals surface area (Å²) < 4.78 is 11.4. The van der Waals surface area contributed by atoms with Gasteiger partial charge in [0, 0.05) is 85.8 Å². The number of amides is 6. The van der Waals surface area contributed by atoms with Crippen molar-refractivity contribution in [3.63, 3.8) is 0 Å². The molecule has 8 N–H and O–H groups in total. The molecule has 1 radical (unpaired) electrons. The number of hydrogen-bond acceptors (Lipinski definition) is 15. The van der Waals surface area contributed by atoms with Crippen molar-refractivity contribution < 1.29 is 76.8 Å². The van der Waals surface area contributed by atoms with Crippen LogP contribution in [0.15, 0.2) is 146 Å². The molecule has 115 heavy (non-hydrogen) atoms. The van der Waals surface area contributed by atoms with E-state index in [1.807, 2.05) is 195 Å². The summed E-state index contributed by atoms with van der Waals surface area (Å²) in [7, 11) is 0. The smallest absolute Gasteiger partial charge is 0.407 e. The third kappa shape index (κ3) is 34.8. The van der Waals surface area contributed by atoms with Crippen molar-refractivity contribution >= 4 is 115 Å². The van der Waals surface area contributed by atoms with Gasteiger partial charge in [0.15, 0.2) is 11.6 Å². The molecule has 0 saturated carbocycles. The number of carbonyl (C=O) groups excluding carboxylic acids is 8.